The van der Waals surface area contributed by atoms with Crippen molar-refractivity contribution >= 4 is 29.1 Å². The Labute approximate surface area is 206 Å². The summed E-state index contributed by atoms with van der Waals surface area (Å²) >= 11 is 6.40. The number of benzene rings is 1. The van der Waals surface area contributed by atoms with Crippen molar-refractivity contribution in [1.82, 2.24) is 29.6 Å². The Morgan fingerprint density at radius 2 is 1.94 bits per heavy atom. The van der Waals surface area contributed by atoms with Gasteiger partial charge in [0.15, 0.2) is 0 Å². The van der Waals surface area contributed by atoms with Gasteiger partial charge < -0.3 is 19.7 Å². The largest absolute Gasteiger partial charge is 0.495 e. The molecular weight excluding hydrogens is 470 g/mol. The van der Waals surface area contributed by atoms with Crippen LogP contribution in [0.2, 0.25) is 5.02 Å². The molecule has 3 aromatic heterocycles. The van der Waals surface area contributed by atoms with Gasteiger partial charge in [0.2, 0.25) is 5.95 Å². The number of carbonyl (C=O) groups is 1. The SMILES string of the molecule is COc1cc(C(=O)N2CCOCC2)ccc1Nc1ncc(Cl)c(-c2cnn(-c3ccncc3)c2)n1. The van der Waals surface area contributed by atoms with Crippen LogP contribution in [-0.2, 0) is 4.74 Å². The fraction of sp³-hybridized carbons (Fsp3) is 0.208. The van der Waals surface area contributed by atoms with Crippen molar-refractivity contribution in [2.24, 2.45) is 0 Å². The Kier molecular flexibility index (Phi) is 6.55. The van der Waals surface area contributed by atoms with E-state index in [2.05, 4.69) is 25.4 Å². The van der Waals surface area contributed by atoms with Gasteiger partial charge in [-0.1, -0.05) is 11.6 Å². The number of pyridine rings is 1. The lowest BCUT2D eigenvalue weighted by Gasteiger charge is -2.27. The second kappa shape index (κ2) is 10.1. The molecule has 11 heteroatoms. The summed E-state index contributed by atoms with van der Waals surface area (Å²) in [5.74, 6) is 0.760. The number of morpholine rings is 1. The van der Waals surface area contributed by atoms with Gasteiger partial charge in [-0.3, -0.25) is 9.78 Å². The normalized spacial score (nSPS) is 13.5. The van der Waals surface area contributed by atoms with Gasteiger partial charge in [0.25, 0.3) is 5.91 Å². The van der Waals surface area contributed by atoms with E-state index >= 15 is 0 Å². The number of halogens is 1. The Morgan fingerprint density at radius 3 is 2.71 bits per heavy atom. The first-order valence-corrected chi connectivity index (χ1v) is 11.3. The number of hydrogen-bond acceptors (Lipinski definition) is 8. The Morgan fingerprint density at radius 1 is 1.14 bits per heavy atom. The van der Waals surface area contributed by atoms with Crippen molar-refractivity contribution in [2.45, 2.75) is 0 Å². The van der Waals surface area contributed by atoms with E-state index in [1.165, 1.54) is 6.20 Å². The van der Waals surface area contributed by atoms with Crippen LogP contribution in [0.15, 0.2) is 61.3 Å². The molecule has 0 unspecified atom stereocenters. The smallest absolute Gasteiger partial charge is 0.254 e. The predicted octanol–water partition coefficient (Wildman–Crippen LogP) is 3.60. The fourth-order valence-electron chi connectivity index (χ4n) is 3.71. The monoisotopic (exact) mass is 491 g/mol. The molecule has 1 N–H and O–H groups in total. The molecule has 1 amide bonds. The summed E-state index contributed by atoms with van der Waals surface area (Å²) in [6.07, 6.45) is 8.44. The van der Waals surface area contributed by atoms with Gasteiger partial charge in [0, 0.05) is 42.8 Å². The van der Waals surface area contributed by atoms with Gasteiger partial charge >= 0.3 is 0 Å². The van der Waals surface area contributed by atoms with E-state index in [9.17, 15) is 4.79 Å². The third-order valence-electron chi connectivity index (χ3n) is 5.52. The topological polar surface area (TPSA) is 107 Å². The quantitative estimate of drug-likeness (QED) is 0.436. The molecule has 0 saturated carbocycles. The standard InChI is InChI=1S/C24H22ClN7O3/c1-34-21-12-16(23(33)31-8-10-35-11-9-31)2-3-20(21)29-24-27-14-19(25)22(30-24)17-13-28-32(15-17)18-4-6-26-7-5-18/h2-7,12-15H,8-11H2,1H3,(H,27,29,30). The van der Waals surface area contributed by atoms with Crippen molar-refractivity contribution in [3.05, 3.63) is 71.9 Å². The van der Waals surface area contributed by atoms with Gasteiger partial charge in [-0.2, -0.15) is 5.10 Å². The highest BCUT2D eigenvalue weighted by Gasteiger charge is 2.20. The number of aromatic nitrogens is 5. The van der Waals surface area contributed by atoms with Gasteiger partial charge in [0.1, 0.15) is 5.75 Å². The van der Waals surface area contributed by atoms with Gasteiger partial charge in [-0.25, -0.2) is 14.6 Å². The Bertz CT molecular complexity index is 1340. The van der Waals surface area contributed by atoms with Crippen LogP contribution < -0.4 is 10.1 Å². The first kappa shape index (κ1) is 22.8. The zero-order chi connectivity index (χ0) is 24.2. The van der Waals surface area contributed by atoms with Gasteiger partial charge in [0.05, 0.1) is 54.8 Å². The molecule has 178 valence electrons. The molecule has 0 radical (unpaired) electrons. The average Bonchev–Trinajstić information content (AvgIpc) is 3.41. The highest BCUT2D eigenvalue weighted by Crippen LogP contribution is 2.31. The summed E-state index contributed by atoms with van der Waals surface area (Å²) in [5, 5.41) is 7.95. The highest BCUT2D eigenvalue weighted by molar-refractivity contribution is 6.32. The van der Waals surface area contributed by atoms with Crippen molar-refractivity contribution in [1.29, 1.82) is 0 Å². The first-order chi connectivity index (χ1) is 17.1. The Hall–Kier alpha value is -4.02. The van der Waals surface area contributed by atoms with Crippen molar-refractivity contribution in [3.8, 4) is 22.7 Å². The zero-order valence-corrected chi connectivity index (χ0v) is 19.6. The number of anilines is 2. The lowest BCUT2D eigenvalue weighted by atomic mass is 10.1. The van der Waals surface area contributed by atoms with E-state index in [4.69, 9.17) is 21.1 Å². The molecule has 0 spiro atoms. The summed E-state index contributed by atoms with van der Waals surface area (Å²) in [4.78, 5) is 27.5. The van der Waals surface area contributed by atoms with Crippen LogP contribution in [0, 0.1) is 0 Å². The third-order valence-corrected chi connectivity index (χ3v) is 5.80. The van der Waals surface area contributed by atoms with E-state index < -0.39 is 0 Å². The van der Waals surface area contributed by atoms with Crippen LogP contribution in [0.25, 0.3) is 16.9 Å². The van der Waals surface area contributed by atoms with E-state index in [0.717, 1.165) is 11.3 Å². The molecule has 35 heavy (non-hydrogen) atoms. The van der Waals surface area contributed by atoms with Crippen LogP contribution in [-0.4, -0.2) is 69.0 Å². The van der Waals surface area contributed by atoms with Crippen molar-refractivity contribution < 1.29 is 14.3 Å². The lowest BCUT2D eigenvalue weighted by Crippen LogP contribution is -2.40. The lowest BCUT2D eigenvalue weighted by molar-refractivity contribution is 0.0302. The molecule has 1 aliphatic rings. The molecule has 1 saturated heterocycles. The van der Waals surface area contributed by atoms with Gasteiger partial charge in [-0.15, -0.1) is 0 Å². The van der Waals surface area contributed by atoms with Crippen LogP contribution in [0.1, 0.15) is 10.4 Å². The molecule has 1 fully saturated rings. The second-order valence-electron chi connectivity index (χ2n) is 7.71. The maximum atomic E-state index is 12.8. The molecule has 4 aromatic rings. The minimum Gasteiger partial charge on any atom is -0.495 e. The number of carbonyl (C=O) groups excluding carboxylic acids is 1. The number of methoxy groups -OCH3 is 1. The molecule has 0 aliphatic carbocycles. The molecular formula is C24H22ClN7O3. The number of amides is 1. The number of nitrogens with one attached hydrogen (secondary N) is 1. The van der Waals surface area contributed by atoms with E-state index in [-0.39, 0.29) is 5.91 Å². The van der Waals surface area contributed by atoms with Crippen LogP contribution >= 0.6 is 11.6 Å². The maximum Gasteiger partial charge on any atom is 0.254 e. The number of hydrogen-bond donors (Lipinski definition) is 1. The summed E-state index contributed by atoms with van der Waals surface area (Å²) in [6.45, 7) is 2.22. The molecule has 0 bridgehead atoms. The van der Waals surface area contributed by atoms with Crippen molar-refractivity contribution in [2.75, 3.05) is 38.7 Å². The predicted molar refractivity (Wildman–Crippen MR) is 130 cm³/mol. The van der Waals surface area contributed by atoms with Crippen molar-refractivity contribution in [3.63, 3.8) is 0 Å². The van der Waals surface area contributed by atoms with Gasteiger partial charge in [-0.05, 0) is 30.3 Å². The van der Waals surface area contributed by atoms with E-state index in [1.54, 1.807) is 53.5 Å². The summed E-state index contributed by atoms with van der Waals surface area (Å²) in [6, 6.07) is 8.93. The molecule has 10 nitrogen and oxygen atoms in total. The summed E-state index contributed by atoms with van der Waals surface area (Å²) < 4.78 is 12.6. The third kappa shape index (κ3) is 4.93. The Balaban J connectivity index is 1.38. The number of ether oxygens (including phenoxy) is 2. The summed E-state index contributed by atoms with van der Waals surface area (Å²) in [5.41, 5.74) is 3.28. The zero-order valence-electron chi connectivity index (χ0n) is 18.9. The first-order valence-electron chi connectivity index (χ1n) is 10.9. The van der Waals surface area contributed by atoms with E-state index in [1.807, 2.05) is 18.3 Å². The summed E-state index contributed by atoms with van der Waals surface area (Å²) in [7, 11) is 1.55. The van der Waals surface area contributed by atoms with E-state index in [0.29, 0.717) is 60.0 Å². The fourth-order valence-corrected chi connectivity index (χ4v) is 3.91. The van der Waals surface area contributed by atoms with Crippen LogP contribution in [0.3, 0.4) is 0 Å². The number of nitrogens with zero attached hydrogens (tertiary/aromatic N) is 6. The molecule has 4 heterocycles. The molecule has 5 rings (SSSR count). The second-order valence-corrected chi connectivity index (χ2v) is 8.12. The van der Waals surface area contributed by atoms with Crippen LogP contribution in [0.5, 0.6) is 5.75 Å². The molecule has 0 atom stereocenters. The highest BCUT2D eigenvalue weighted by atomic mass is 35.5. The number of rotatable bonds is 6. The average molecular weight is 492 g/mol. The maximum absolute atomic E-state index is 12.8. The van der Waals surface area contributed by atoms with Crippen LogP contribution in [0.4, 0.5) is 11.6 Å². The molecule has 1 aliphatic heterocycles. The molecule has 1 aromatic carbocycles. The minimum atomic E-state index is -0.0608. The minimum absolute atomic E-state index is 0.0608.